The molecule has 3 rings (SSSR count). The topological polar surface area (TPSA) is 75.8 Å². The Labute approximate surface area is 139 Å². The molecule has 0 N–H and O–H groups in total. The molecule has 6 heteroatoms. The van der Waals surface area contributed by atoms with Crippen LogP contribution in [0, 0.1) is 10.1 Å². The molecule has 24 heavy (non-hydrogen) atoms. The SMILES string of the molecule is CC(=O)N1c2ccc(N=Cc3cccc([N+](=O)[O-])c3)cc2C[C@H]1C. The highest BCUT2D eigenvalue weighted by atomic mass is 16.6. The Kier molecular flexibility index (Phi) is 4.12. The van der Waals surface area contributed by atoms with Crippen molar-refractivity contribution in [1.82, 2.24) is 0 Å². The second kappa shape index (κ2) is 6.23. The van der Waals surface area contributed by atoms with Gasteiger partial charge in [-0.3, -0.25) is 19.9 Å². The van der Waals surface area contributed by atoms with Gasteiger partial charge in [0.25, 0.3) is 5.69 Å². The van der Waals surface area contributed by atoms with Crippen LogP contribution in [0.5, 0.6) is 0 Å². The summed E-state index contributed by atoms with van der Waals surface area (Å²) < 4.78 is 0. The van der Waals surface area contributed by atoms with Crippen LogP contribution >= 0.6 is 0 Å². The molecule has 1 aliphatic rings. The van der Waals surface area contributed by atoms with Gasteiger partial charge in [-0.2, -0.15) is 0 Å². The minimum absolute atomic E-state index is 0.0362. The zero-order valence-corrected chi connectivity index (χ0v) is 13.5. The molecule has 0 saturated heterocycles. The molecule has 0 spiro atoms. The largest absolute Gasteiger partial charge is 0.309 e. The summed E-state index contributed by atoms with van der Waals surface area (Å²) in [6.07, 6.45) is 2.41. The number of nitro groups is 1. The van der Waals surface area contributed by atoms with Gasteiger partial charge in [-0.1, -0.05) is 12.1 Å². The lowest BCUT2D eigenvalue weighted by Crippen LogP contribution is -2.33. The van der Waals surface area contributed by atoms with Gasteiger partial charge in [0.2, 0.25) is 5.91 Å². The van der Waals surface area contributed by atoms with E-state index < -0.39 is 4.92 Å². The highest BCUT2D eigenvalue weighted by molar-refractivity contribution is 5.95. The maximum atomic E-state index is 11.7. The van der Waals surface area contributed by atoms with Crippen molar-refractivity contribution >= 4 is 29.2 Å². The third-order valence-electron chi connectivity index (χ3n) is 4.06. The Balaban J connectivity index is 1.85. The molecule has 0 unspecified atom stereocenters. The molecule has 1 heterocycles. The van der Waals surface area contributed by atoms with Gasteiger partial charge in [0.15, 0.2) is 0 Å². The second-order valence-electron chi connectivity index (χ2n) is 5.87. The molecule has 2 aromatic rings. The molecule has 0 fully saturated rings. The zero-order valence-electron chi connectivity index (χ0n) is 13.5. The Morgan fingerprint density at radius 3 is 2.83 bits per heavy atom. The van der Waals surface area contributed by atoms with E-state index in [1.54, 1.807) is 30.2 Å². The molecule has 0 aromatic heterocycles. The van der Waals surface area contributed by atoms with E-state index in [1.165, 1.54) is 12.1 Å². The number of hydrogen-bond donors (Lipinski definition) is 0. The lowest BCUT2D eigenvalue weighted by Gasteiger charge is -2.20. The molecule has 0 aliphatic carbocycles. The fourth-order valence-corrected chi connectivity index (χ4v) is 3.05. The van der Waals surface area contributed by atoms with Crippen LogP contribution < -0.4 is 4.90 Å². The van der Waals surface area contributed by atoms with Crippen LogP contribution in [-0.2, 0) is 11.2 Å². The van der Waals surface area contributed by atoms with E-state index >= 15 is 0 Å². The normalized spacial score (nSPS) is 16.4. The molecule has 1 amide bonds. The van der Waals surface area contributed by atoms with Gasteiger partial charge in [0.05, 0.1) is 10.6 Å². The number of hydrogen-bond acceptors (Lipinski definition) is 4. The number of rotatable bonds is 3. The lowest BCUT2D eigenvalue weighted by molar-refractivity contribution is -0.384. The van der Waals surface area contributed by atoms with Gasteiger partial charge in [-0.15, -0.1) is 0 Å². The first-order valence-electron chi connectivity index (χ1n) is 7.67. The first kappa shape index (κ1) is 15.9. The molecule has 1 atom stereocenters. The van der Waals surface area contributed by atoms with Crippen LogP contribution in [0.2, 0.25) is 0 Å². The van der Waals surface area contributed by atoms with Gasteiger partial charge in [0.1, 0.15) is 0 Å². The Hall–Kier alpha value is -3.02. The minimum Gasteiger partial charge on any atom is -0.309 e. The zero-order chi connectivity index (χ0) is 17.3. The van der Waals surface area contributed by atoms with Gasteiger partial charge < -0.3 is 4.90 Å². The van der Waals surface area contributed by atoms with Gasteiger partial charge >= 0.3 is 0 Å². The highest BCUT2D eigenvalue weighted by Gasteiger charge is 2.28. The lowest BCUT2D eigenvalue weighted by atomic mass is 10.1. The van der Waals surface area contributed by atoms with Gasteiger partial charge in [-0.25, -0.2) is 0 Å². The molecule has 6 nitrogen and oxygen atoms in total. The van der Waals surface area contributed by atoms with Gasteiger partial charge in [0, 0.05) is 37.0 Å². The Morgan fingerprint density at radius 2 is 2.12 bits per heavy atom. The molecule has 0 radical (unpaired) electrons. The number of aliphatic imine (C=N–C) groups is 1. The van der Waals surface area contributed by atoms with Crippen molar-refractivity contribution in [3.8, 4) is 0 Å². The monoisotopic (exact) mass is 323 g/mol. The summed E-state index contributed by atoms with van der Waals surface area (Å²) >= 11 is 0. The van der Waals surface area contributed by atoms with E-state index in [0.29, 0.717) is 5.56 Å². The summed E-state index contributed by atoms with van der Waals surface area (Å²) in [6, 6.07) is 12.2. The number of non-ortho nitro benzene ring substituents is 1. The summed E-state index contributed by atoms with van der Waals surface area (Å²) in [7, 11) is 0. The summed E-state index contributed by atoms with van der Waals surface area (Å²) in [5.41, 5.74) is 3.50. The predicted molar refractivity (Wildman–Crippen MR) is 93.1 cm³/mol. The van der Waals surface area contributed by atoms with Crippen molar-refractivity contribution in [2.75, 3.05) is 4.90 Å². The van der Waals surface area contributed by atoms with E-state index in [-0.39, 0.29) is 17.6 Å². The summed E-state index contributed by atoms with van der Waals surface area (Å²) in [4.78, 5) is 28.3. The van der Waals surface area contributed by atoms with E-state index in [1.807, 2.05) is 25.1 Å². The number of nitrogens with zero attached hydrogens (tertiary/aromatic N) is 3. The molecule has 0 bridgehead atoms. The Bertz CT molecular complexity index is 845. The number of anilines is 1. The predicted octanol–water partition coefficient (Wildman–Crippen LogP) is 3.64. The Morgan fingerprint density at radius 1 is 1.33 bits per heavy atom. The van der Waals surface area contributed by atoms with Crippen LogP contribution in [-0.4, -0.2) is 23.1 Å². The van der Waals surface area contributed by atoms with E-state index in [9.17, 15) is 14.9 Å². The van der Waals surface area contributed by atoms with Crippen LogP contribution in [0.25, 0.3) is 0 Å². The molecular weight excluding hydrogens is 306 g/mol. The summed E-state index contributed by atoms with van der Waals surface area (Å²) in [6.45, 7) is 3.59. The summed E-state index contributed by atoms with van der Waals surface area (Å²) in [5.74, 6) is 0.0362. The van der Waals surface area contributed by atoms with Crippen LogP contribution in [0.4, 0.5) is 17.1 Å². The third-order valence-corrected chi connectivity index (χ3v) is 4.06. The average molecular weight is 323 g/mol. The fraction of sp³-hybridized carbons (Fsp3) is 0.222. The smallest absolute Gasteiger partial charge is 0.270 e. The number of benzene rings is 2. The molecular formula is C18H17N3O3. The van der Waals surface area contributed by atoms with Crippen molar-refractivity contribution in [1.29, 1.82) is 0 Å². The number of nitro benzene ring substituents is 1. The van der Waals surface area contributed by atoms with Crippen LogP contribution in [0.3, 0.4) is 0 Å². The maximum absolute atomic E-state index is 11.7. The quantitative estimate of drug-likeness (QED) is 0.491. The number of carbonyl (C=O) groups excluding carboxylic acids is 1. The van der Waals surface area contributed by atoms with E-state index in [2.05, 4.69) is 4.99 Å². The van der Waals surface area contributed by atoms with Crippen molar-refractivity contribution in [3.63, 3.8) is 0 Å². The maximum Gasteiger partial charge on any atom is 0.270 e. The van der Waals surface area contributed by atoms with E-state index in [4.69, 9.17) is 0 Å². The summed E-state index contributed by atoms with van der Waals surface area (Å²) in [5, 5.41) is 10.8. The molecule has 0 saturated carbocycles. The molecule has 1 aliphatic heterocycles. The first-order chi connectivity index (χ1) is 11.5. The van der Waals surface area contributed by atoms with Crippen molar-refractivity contribution < 1.29 is 9.72 Å². The highest BCUT2D eigenvalue weighted by Crippen LogP contribution is 2.34. The average Bonchev–Trinajstić information content (AvgIpc) is 2.88. The molecule has 2 aromatic carbocycles. The molecule has 122 valence electrons. The van der Waals surface area contributed by atoms with Crippen molar-refractivity contribution in [3.05, 3.63) is 63.7 Å². The number of carbonyl (C=O) groups is 1. The first-order valence-corrected chi connectivity index (χ1v) is 7.67. The fourth-order valence-electron chi connectivity index (χ4n) is 3.05. The van der Waals surface area contributed by atoms with Crippen LogP contribution in [0.1, 0.15) is 25.0 Å². The minimum atomic E-state index is -0.426. The van der Waals surface area contributed by atoms with Crippen molar-refractivity contribution in [2.24, 2.45) is 4.99 Å². The van der Waals surface area contributed by atoms with Gasteiger partial charge in [-0.05, 0) is 42.7 Å². The second-order valence-corrected chi connectivity index (χ2v) is 5.87. The van der Waals surface area contributed by atoms with Crippen molar-refractivity contribution in [2.45, 2.75) is 26.3 Å². The number of amides is 1. The standard InChI is InChI=1S/C18H17N3O3/c1-12-8-15-10-16(6-7-18(15)20(12)13(2)22)19-11-14-4-3-5-17(9-14)21(23)24/h3-7,9-12H,8H2,1-2H3/t12-/m1/s1. The third kappa shape index (κ3) is 3.03. The number of fused-ring (bicyclic) bond motifs is 1. The van der Waals surface area contributed by atoms with E-state index in [0.717, 1.165) is 23.4 Å². The van der Waals surface area contributed by atoms with Crippen LogP contribution in [0.15, 0.2) is 47.5 Å².